The van der Waals surface area contributed by atoms with Gasteiger partial charge in [-0.15, -0.1) is 11.3 Å². The van der Waals surface area contributed by atoms with Crippen molar-refractivity contribution in [3.05, 3.63) is 15.6 Å². The van der Waals surface area contributed by atoms with Crippen molar-refractivity contribution in [2.75, 3.05) is 20.7 Å². The van der Waals surface area contributed by atoms with Crippen LogP contribution < -0.4 is 10.6 Å². The van der Waals surface area contributed by atoms with Crippen LogP contribution in [0.25, 0.3) is 0 Å². The molecule has 0 radical (unpaired) electrons. The third-order valence-corrected chi connectivity index (χ3v) is 4.04. The van der Waals surface area contributed by atoms with Crippen LogP contribution in [0.3, 0.4) is 0 Å². The van der Waals surface area contributed by atoms with Gasteiger partial charge in [-0.05, 0) is 26.7 Å². The van der Waals surface area contributed by atoms with E-state index in [1.165, 1.54) is 12.0 Å². The fourth-order valence-corrected chi connectivity index (χ4v) is 2.70. The SMILES string of the molecule is CN=C(NCCCCC(=O)OC)NCc1sc(C)nc1C. The number of aliphatic imine (C=N–C) groups is 1. The highest BCUT2D eigenvalue weighted by Gasteiger charge is 2.05. The largest absolute Gasteiger partial charge is 0.469 e. The van der Waals surface area contributed by atoms with Gasteiger partial charge in [-0.2, -0.15) is 0 Å². The van der Waals surface area contributed by atoms with E-state index in [1.807, 2.05) is 13.8 Å². The molecule has 0 saturated heterocycles. The van der Waals surface area contributed by atoms with Gasteiger partial charge in [0.05, 0.1) is 24.4 Å². The molecule has 1 rings (SSSR count). The Morgan fingerprint density at radius 2 is 2.10 bits per heavy atom. The van der Waals surface area contributed by atoms with E-state index in [2.05, 4.69) is 25.3 Å². The first kappa shape index (κ1) is 17.4. The number of carbonyl (C=O) groups is 1. The number of hydrogen-bond donors (Lipinski definition) is 2. The third-order valence-electron chi connectivity index (χ3n) is 2.97. The molecule has 6 nitrogen and oxygen atoms in total. The van der Waals surface area contributed by atoms with Gasteiger partial charge in [0, 0.05) is 24.9 Å². The number of esters is 1. The van der Waals surface area contributed by atoms with Crippen molar-refractivity contribution in [2.24, 2.45) is 4.99 Å². The molecule has 0 spiro atoms. The molecule has 118 valence electrons. The van der Waals surface area contributed by atoms with E-state index in [0.717, 1.165) is 42.6 Å². The lowest BCUT2D eigenvalue weighted by molar-refractivity contribution is -0.140. The normalized spacial score (nSPS) is 11.3. The monoisotopic (exact) mass is 312 g/mol. The molecule has 0 fully saturated rings. The molecule has 1 aromatic heterocycles. The molecule has 0 aliphatic rings. The maximum atomic E-state index is 11.0. The molecule has 0 atom stereocenters. The lowest BCUT2D eigenvalue weighted by Crippen LogP contribution is -2.37. The number of guanidine groups is 1. The van der Waals surface area contributed by atoms with Crippen LogP contribution in [0.4, 0.5) is 0 Å². The number of thiazole rings is 1. The lowest BCUT2D eigenvalue weighted by Gasteiger charge is -2.11. The van der Waals surface area contributed by atoms with Gasteiger partial charge < -0.3 is 15.4 Å². The third kappa shape index (κ3) is 6.57. The average Bonchev–Trinajstić information content (AvgIpc) is 2.79. The molecule has 0 aromatic carbocycles. The summed E-state index contributed by atoms with van der Waals surface area (Å²) in [6.07, 6.45) is 2.17. The molecule has 7 heteroatoms. The van der Waals surface area contributed by atoms with E-state index in [4.69, 9.17) is 0 Å². The fraction of sp³-hybridized carbons (Fsp3) is 0.643. The standard InChI is InChI=1S/C14H24N4O2S/c1-10-12(21-11(2)18-10)9-17-14(15-3)16-8-6-5-7-13(19)20-4/h5-9H2,1-4H3,(H2,15,16,17). The first-order valence-corrected chi connectivity index (χ1v) is 7.82. The molecular weight excluding hydrogens is 288 g/mol. The molecule has 1 aromatic rings. The Bertz CT molecular complexity index is 485. The Morgan fingerprint density at radius 3 is 2.67 bits per heavy atom. The number of rotatable bonds is 7. The summed E-state index contributed by atoms with van der Waals surface area (Å²) in [5.74, 6) is 0.604. The topological polar surface area (TPSA) is 75.6 Å². The van der Waals surface area contributed by atoms with E-state index in [9.17, 15) is 4.79 Å². The molecule has 1 heterocycles. The van der Waals surface area contributed by atoms with Crippen molar-refractivity contribution in [1.29, 1.82) is 0 Å². The van der Waals surface area contributed by atoms with E-state index in [0.29, 0.717) is 6.42 Å². The fourth-order valence-electron chi connectivity index (χ4n) is 1.83. The molecule has 21 heavy (non-hydrogen) atoms. The maximum absolute atomic E-state index is 11.0. The number of ether oxygens (including phenoxy) is 1. The molecule has 0 amide bonds. The first-order valence-electron chi connectivity index (χ1n) is 7.01. The van der Waals surface area contributed by atoms with E-state index in [1.54, 1.807) is 18.4 Å². The molecule has 0 unspecified atom stereocenters. The Hall–Kier alpha value is -1.63. The molecule has 0 saturated carbocycles. The first-order chi connectivity index (χ1) is 10.1. The second-order valence-corrected chi connectivity index (χ2v) is 5.91. The zero-order chi connectivity index (χ0) is 15.7. The van der Waals surface area contributed by atoms with E-state index >= 15 is 0 Å². The summed E-state index contributed by atoms with van der Waals surface area (Å²) in [6, 6.07) is 0. The van der Waals surface area contributed by atoms with E-state index in [-0.39, 0.29) is 5.97 Å². The van der Waals surface area contributed by atoms with Crippen molar-refractivity contribution >= 4 is 23.3 Å². The second kappa shape index (κ2) is 9.33. The molecule has 0 aliphatic carbocycles. The van der Waals surface area contributed by atoms with Crippen LogP contribution in [-0.2, 0) is 16.1 Å². The smallest absolute Gasteiger partial charge is 0.305 e. The maximum Gasteiger partial charge on any atom is 0.305 e. The van der Waals surface area contributed by atoms with Gasteiger partial charge in [0.25, 0.3) is 0 Å². The number of hydrogen-bond acceptors (Lipinski definition) is 5. The predicted octanol–water partition coefficient (Wildman–Crippen LogP) is 1.77. The summed E-state index contributed by atoms with van der Waals surface area (Å²) < 4.78 is 4.60. The van der Waals surface area contributed by atoms with Crippen molar-refractivity contribution < 1.29 is 9.53 Å². The molecule has 2 N–H and O–H groups in total. The van der Waals surface area contributed by atoms with Crippen LogP contribution in [0, 0.1) is 13.8 Å². The minimum atomic E-state index is -0.159. The minimum absolute atomic E-state index is 0.159. The van der Waals surface area contributed by atoms with Crippen molar-refractivity contribution in [3.8, 4) is 0 Å². The summed E-state index contributed by atoms with van der Waals surface area (Å²) in [4.78, 5) is 20.8. The van der Waals surface area contributed by atoms with Crippen molar-refractivity contribution in [2.45, 2.75) is 39.7 Å². The van der Waals surface area contributed by atoms with Crippen LogP contribution in [0.1, 0.15) is 34.8 Å². The number of aryl methyl sites for hydroxylation is 2. The highest BCUT2D eigenvalue weighted by molar-refractivity contribution is 7.11. The van der Waals surface area contributed by atoms with Crippen LogP contribution >= 0.6 is 11.3 Å². The number of unbranched alkanes of at least 4 members (excludes halogenated alkanes) is 1. The summed E-state index contributed by atoms with van der Waals surface area (Å²) in [5.41, 5.74) is 1.07. The highest BCUT2D eigenvalue weighted by Crippen LogP contribution is 2.16. The zero-order valence-corrected chi connectivity index (χ0v) is 14.0. The number of methoxy groups -OCH3 is 1. The number of carbonyl (C=O) groups excluding carboxylic acids is 1. The number of aromatic nitrogens is 1. The Morgan fingerprint density at radius 1 is 1.33 bits per heavy atom. The molecular formula is C14H24N4O2S. The number of nitrogens with zero attached hydrogens (tertiary/aromatic N) is 2. The summed E-state index contributed by atoms with van der Waals surface area (Å²) in [6.45, 7) is 5.52. The highest BCUT2D eigenvalue weighted by atomic mass is 32.1. The van der Waals surface area contributed by atoms with Crippen LogP contribution in [-0.4, -0.2) is 37.6 Å². The van der Waals surface area contributed by atoms with Crippen LogP contribution in [0.15, 0.2) is 4.99 Å². The van der Waals surface area contributed by atoms with Gasteiger partial charge >= 0.3 is 5.97 Å². The molecule has 0 aliphatic heterocycles. The van der Waals surface area contributed by atoms with Crippen molar-refractivity contribution in [3.63, 3.8) is 0 Å². The minimum Gasteiger partial charge on any atom is -0.469 e. The summed E-state index contributed by atoms with van der Waals surface area (Å²) >= 11 is 1.70. The van der Waals surface area contributed by atoms with Crippen LogP contribution in [0.2, 0.25) is 0 Å². The summed E-state index contributed by atoms with van der Waals surface area (Å²) in [7, 11) is 3.16. The number of nitrogens with one attached hydrogen (secondary N) is 2. The summed E-state index contributed by atoms with van der Waals surface area (Å²) in [5, 5.41) is 7.58. The van der Waals surface area contributed by atoms with E-state index < -0.39 is 0 Å². The van der Waals surface area contributed by atoms with Gasteiger partial charge in [-0.1, -0.05) is 0 Å². The van der Waals surface area contributed by atoms with Gasteiger partial charge in [0.1, 0.15) is 0 Å². The Balaban J connectivity index is 2.23. The predicted molar refractivity (Wildman–Crippen MR) is 85.7 cm³/mol. The zero-order valence-electron chi connectivity index (χ0n) is 13.2. The Kier molecular flexibility index (Phi) is 7.74. The Labute approximate surface area is 130 Å². The quantitative estimate of drug-likeness (QED) is 0.347. The van der Waals surface area contributed by atoms with Gasteiger partial charge in [0.15, 0.2) is 5.96 Å². The van der Waals surface area contributed by atoms with Gasteiger partial charge in [0.2, 0.25) is 0 Å². The van der Waals surface area contributed by atoms with Gasteiger partial charge in [-0.25, -0.2) is 4.98 Å². The average molecular weight is 312 g/mol. The van der Waals surface area contributed by atoms with Crippen molar-refractivity contribution in [1.82, 2.24) is 15.6 Å². The molecule has 0 bridgehead atoms. The second-order valence-electron chi connectivity index (χ2n) is 4.63. The lowest BCUT2D eigenvalue weighted by atomic mass is 10.2. The van der Waals surface area contributed by atoms with Gasteiger partial charge in [-0.3, -0.25) is 9.79 Å². The van der Waals surface area contributed by atoms with Crippen LogP contribution in [0.5, 0.6) is 0 Å².